The third kappa shape index (κ3) is 4.80. The van der Waals surface area contributed by atoms with Crippen LogP contribution in [0.4, 0.5) is 0 Å². The van der Waals surface area contributed by atoms with Crippen LogP contribution in [-0.2, 0) is 19.4 Å². The number of para-hydroxylation sites is 1. The van der Waals surface area contributed by atoms with Crippen LogP contribution in [0.3, 0.4) is 0 Å². The molecule has 2 aliphatic rings. The summed E-state index contributed by atoms with van der Waals surface area (Å²) in [5.74, 6) is 2.17. The average Bonchev–Trinajstić information content (AvgIpc) is 3.41. The first-order chi connectivity index (χ1) is 12.8. The predicted molar refractivity (Wildman–Crippen MR) is 125 cm³/mol. The number of hydrogen-bond acceptors (Lipinski definition) is 3. The molecule has 4 rings (SSSR count). The van der Waals surface area contributed by atoms with Gasteiger partial charge in [0, 0.05) is 24.5 Å². The number of rotatable bonds is 5. The summed E-state index contributed by atoms with van der Waals surface area (Å²) in [5, 5.41) is 12.6. The van der Waals surface area contributed by atoms with E-state index in [1.54, 1.807) is 0 Å². The molecule has 1 aliphatic heterocycles. The van der Waals surface area contributed by atoms with Gasteiger partial charge in [-0.25, -0.2) is 4.68 Å². The molecule has 1 fully saturated rings. The summed E-state index contributed by atoms with van der Waals surface area (Å²) in [5.41, 5.74) is 5.10. The van der Waals surface area contributed by atoms with Crippen molar-refractivity contribution >= 4 is 41.7 Å². The fourth-order valence-electron chi connectivity index (χ4n) is 3.84. The van der Waals surface area contributed by atoms with Gasteiger partial charge in [0.2, 0.25) is 0 Å². The molecule has 0 bridgehead atoms. The summed E-state index contributed by atoms with van der Waals surface area (Å²) < 4.78 is 2.13. The van der Waals surface area contributed by atoms with E-state index < -0.39 is 0 Å². The zero-order valence-electron chi connectivity index (χ0n) is 15.8. The SMILES string of the molecule is CN=C(NCc1nn(-c2ccccc2)c2c1CCC2)NCC1CCCS1.I. The van der Waals surface area contributed by atoms with Crippen molar-refractivity contribution in [1.29, 1.82) is 0 Å². The van der Waals surface area contributed by atoms with Gasteiger partial charge in [-0.2, -0.15) is 16.9 Å². The molecule has 1 aromatic carbocycles. The standard InChI is InChI=1S/C20H27N5S.HI/c1-21-20(22-13-16-9-6-12-26-16)23-14-18-17-10-5-11-19(17)25(24-18)15-7-3-2-4-8-15;/h2-4,7-8,16H,5-6,9-14H2,1H3,(H2,21,22,23);1H. The largest absolute Gasteiger partial charge is 0.355 e. The van der Waals surface area contributed by atoms with Gasteiger partial charge >= 0.3 is 0 Å². The van der Waals surface area contributed by atoms with Crippen molar-refractivity contribution in [3.63, 3.8) is 0 Å². The van der Waals surface area contributed by atoms with Gasteiger partial charge in [0.1, 0.15) is 0 Å². The van der Waals surface area contributed by atoms with Crippen LogP contribution in [0.25, 0.3) is 5.69 Å². The van der Waals surface area contributed by atoms with Crippen molar-refractivity contribution in [2.75, 3.05) is 19.3 Å². The topological polar surface area (TPSA) is 54.2 Å². The second-order valence-electron chi connectivity index (χ2n) is 6.91. The normalized spacial score (nSPS) is 18.9. The lowest BCUT2D eigenvalue weighted by Gasteiger charge is -2.14. The highest BCUT2D eigenvalue weighted by Gasteiger charge is 2.23. The number of hydrogen-bond donors (Lipinski definition) is 2. The molecule has 1 saturated heterocycles. The van der Waals surface area contributed by atoms with Gasteiger partial charge in [-0.15, -0.1) is 24.0 Å². The van der Waals surface area contributed by atoms with Gasteiger partial charge in [-0.3, -0.25) is 4.99 Å². The molecule has 2 heterocycles. The summed E-state index contributed by atoms with van der Waals surface area (Å²) in [4.78, 5) is 4.37. The average molecular weight is 497 g/mol. The van der Waals surface area contributed by atoms with E-state index in [4.69, 9.17) is 5.10 Å². The second-order valence-corrected chi connectivity index (χ2v) is 8.32. The maximum Gasteiger partial charge on any atom is 0.191 e. The fourth-order valence-corrected chi connectivity index (χ4v) is 5.04. The Labute approximate surface area is 182 Å². The molecule has 2 aromatic rings. The Morgan fingerprint density at radius 3 is 2.81 bits per heavy atom. The molecule has 2 N–H and O–H groups in total. The zero-order valence-corrected chi connectivity index (χ0v) is 18.9. The predicted octanol–water partition coefficient (Wildman–Crippen LogP) is 3.54. The van der Waals surface area contributed by atoms with E-state index in [0.717, 1.165) is 48.5 Å². The van der Waals surface area contributed by atoms with E-state index in [1.165, 1.54) is 36.3 Å². The van der Waals surface area contributed by atoms with Crippen molar-refractivity contribution in [2.45, 2.75) is 43.9 Å². The summed E-state index contributed by atoms with van der Waals surface area (Å²) >= 11 is 2.07. The summed E-state index contributed by atoms with van der Waals surface area (Å²) in [6, 6.07) is 10.4. The van der Waals surface area contributed by atoms with Crippen molar-refractivity contribution in [2.24, 2.45) is 4.99 Å². The first-order valence-electron chi connectivity index (χ1n) is 9.56. The lowest BCUT2D eigenvalue weighted by molar-refractivity contribution is 0.711. The molecule has 5 nitrogen and oxygen atoms in total. The van der Waals surface area contributed by atoms with Gasteiger partial charge < -0.3 is 10.6 Å². The van der Waals surface area contributed by atoms with Gasteiger partial charge in [0.15, 0.2) is 5.96 Å². The van der Waals surface area contributed by atoms with Crippen LogP contribution in [0.15, 0.2) is 35.3 Å². The Balaban J connectivity index is 0.00000210. The maximum absolute atomic E-state index is 4.91. The minimum Gasteiger partial charge on any atom is -0.355 e. The van der Waals surface area contributed by atoms with E-state index in [2.05, 4.69) is 56.3 Å². The monoisotopic (exact) mass is 497 g/mol. The highest BCUT2D eigenvalue weighted by molar-refractivity contribution is 14.0. The van der Waals surface area contributed by atoms with E-state index >= 15 is 0 Å². The number of thioether (sulfide) groups is 1. The van der Waals surface area contributed by atoms with Crippen molar-refractivity contribution in [3.05, 3.63) is 47.3 Å². The smallest absolute Gasteiger partial charge is 0.191 e. The number of fused-ring (bicyclic) bond motifs is 1. The molecule has 1 aliphatic carbocycles. The van der Waals surface area contributed by atoms with Crippen LogP contribution in [0.2, 0.25) is 0 Å². The number of nitrogens with one attached hydrogen (secondary N) is 2. The first kappa shape index (κ1) is 20.5. The van der Waals surface area contributed by atoms with E-state index in [-0.39, 0.29) is 24.0 Å². The summed E-state index contributed by atoms with van der Waals surface area (Å²) in [6.07, 6.45) is 6.11. The minimum atomic E-state index is 0. The molecule has 0 radical (unpaired) electrons. The number of benzene rings is 1. The first-order valence-corrected chi connectivity index (χ1v) is 10.6. The Kier molecular flexibility index (Phi) is 7.46. The van der Waals surface area contributed by atoms with Crippen LogP contribution >= 0.6 is 35.7 Å². The molecule has 27 heavy (non-hydrogen) atoms. The minimum absolute atomic E-state index is 0. The third-order valence-electron chi connectivity index (χ3n) is 5.18. The zero-order chi connectivity index (χ0) is 17.8. The Morgan fingerprint density at radius 2 is 2.07 bits per heavy atom. The van der Waals surface area contributed by atoms with Crippen LogP contribution in [0.1, 0.15) is 36.2 Å². The Bertz CT molecular complexity index is 768. The molecule has 0 saturated carbocycles. The molecule has 0 spiro atoms. The Morgan fingerprint density at radius 1 is 1.22 bits per heavy atom. The van der Waals surface area contributed by atoms with Gasteiger partial charge in [0.25, 0.3) is 0 Å². The van der Waals surface area contributed by atoms with Crippen molar-refractivity contribution in [3.8, 4) is 5.69 Å². The van der Waals surface area contributed by atoms with Gasteiger partial charge in [-0.05, 0) is 55.6 Å². The van der Waals surface area contributed by atoms with Gasteiger partial charge in [0.05, 0.1) is 17.9 Å². The fraction of sp³-hybridized carbons (Fsp3) is 0.500. The lowest BCUT2D eigenvalue weighted by atomic mass is 10.2. The molecular formula is C20H28IN5S. The summed E-state index contributed by atoms with van der Waals surface area (Å²) in [7, 11) is 1.84. The van der Waals surface area contributed by atoms with E-state index in [1.807, 2.05) is 13.1 Å². The van der Waals surface area contributed by atoms with Crippen LogP contribution in [0.5, 0.6) is 0 Å². The van der Waals surface area contributed by atoms with Gasteiger partial charge in [-0.1, -0.05) is 18.2 Å². The highest BCUT2D eigenvalue weighted by atomic mass is 127. The quantitative estimate of drug-likeness (QED) is 0.377. The number of aromatic nitrogens is 2. The van der Waals surface area contributed by atoms with Crippen molar-refractivity contribution in [1.82, 2.24) is 20.4 Å². The molecule has 1 aromatic heterocycles. The Hall–Kier alpha value is -1.22. The number of halogens is 1. The van der Waals surface area contributed by atoms with Crippen LogP contribution in [0, 0.1) is 0 Å². The third-order valence-corrected chi connectivity index (χ3v) is 6.58. The molecule has 1 atom stereocenters. The molecule has 146 valence electrons. The number of guanidine groups is 1. The number of aliphatic imine (C=N–C) groups is 1. The molecule has 0 amide bonds. The molecular weight excluding hydrogens is 469 g/mol. The van der Waals surface area contributed by atoms with Crippen LogP contribution in [-0.4, -0.2) is 40.3 Å². The maximum atomic E-state index is 4.91. The second kappa shape index (κ2) is 9.82. The molecule has 1 unspecified atom stereocenters. The summed E-state index contributed by atoms with van der Waals surface area (Å²) in [6.45, 7) is 1.71. The van der Waals surface area contributed by atoms with E-state index in [0.29, 0.717) is 0 Å². The van der Waals surface area contributed by atoms with Crippen LogP contribution < -0.4 is 10.6 Å². The lowest BCUT2D eigenvalue weighted by Crippen LogP contribution is -2.39. The highest BCUT2D eigenvalue weighted by Crippen LogP contribution is 2.28. The van der Waals surface area contributed by atoms with E-state index in [9.17, 15) is 0 Å². The molecule has 7 heteroatoms. The number of nitrogens with zero attached hydrogens (tertiary/aromatic N) is 3. The van der Waals surface area contributed by atoms with Crippen molar-refractivity contribution < 1.29 is 0 Å².